The monoisotopic (exact) mass is 482 g/mol. The van der Waals surface area contributed by atoms with Crippen LogP contribution >= 0.6 is 0 Å². The predicted octanol–water partition coefficient (Wildman–Crippen LogP) is 9.67. The van der Waals surface area contributed by atoms with Crippen molar-refractivity contribution in [3.8, 4) is 23.7 Å². The third-order valence-electron chi connectivity index (χ3n) is 7.00. The van der Waals surface area contributed by atoms with E-state index in [0.717, 1.165) is 11.1 Å². The largest absolute Gasteiger partial charge is 0.101 e. The molecule has 0 saturated carbocycles. The van der Waals surface area contributed by atoms with E-state index in [0.29, 0.717) is 0 Å². The first kappa shape index (κ1) is 23.4. The summed E-state index contributed by atoms with van der Waals surface area (Å²) >= 11 is 0. The zero-order valence-electron chi connectivity index (χ0n) is 21.5. The maximum absolute atomic E-state index is 3.11. The first-order chi connectivity index (χ1) is 18.7. The number of hydrogen-bond acceptors (Lipinski definition) is 0. The molecule has 0 nitrogen and oxygen atoms in total. The molecule has 0 aliphatic carbocycles. The lowest BCUT2D eigenvalue weighted by molar-refractivity contribution is 1.61. The van der Waals surface area contributed by atoms with Gasteiger partial charge in [-0.15, -0.1) is 11.8 Å². The number of benzene rings is 6. The van der Waals surface area contributed by atoms with Crippen molar-refractivity contribution >= 4 is 56.6 Å². The third-order valence-corrected chi connectivity index (χ3v) is 7.00. The Bertz CT molecular complexity index is 1810. The Morgan fingerprint density at radius 3 is 1.21 bits per heavy atom. The molecule has 0 amide bonds. The van der Waals surface area contributed by atoms with Crippen molar-refractivity contribution in [2.75, 3.05) is 0 Å². The summed E-state index contributed by atoms with van der Waals surface area (Å²) < 4.78 is 0. The van der Waals surface area contributed by atoms with Crippen LogP contribution in [0.5, 0.6) is 0 Å². The summed E-state index contributed by atoms with van der Waals surface area (Å²) in [5.74, 6) is 12.1. The molecule has 0 radical (unpaired) electrons. The molecule has 0 fully saturated rings. The van der Waals surface area contributed by atoms with Crippen LogP contribution in [-0.2, 0) is 0 Å². The van der Waals surface area contributed by atoms with Crippen LogP contribution in [0.2, 0.25) is 0 Å². The average Bonchev–Trinajstić information content (AvgIpc) is 2.96. The summed E-state index contributed by atoms with van der Waals surface area (Å²) in [7, 11) is 0. The van der Waals surface area contributed by atoms with Crippen LogP contribution < -0.4 is 0 Å². The third kappa shape index (κ3) is 4.46. The van der Waals surface area contributed by atoms with E-state index in [-0.39, 0.29) is 0 Å². The number of rotatable bonds is 4. The van der Waals surface area contributed by atoms with Crippen molar-refractivity contribution in [3.63, 3.8) is 0 Å². The Morgan fingerprint density at radius 1 is 0.421 bits per heavy atom. The Balaban J connectivity index is 1.41. The highest BCUT2D eigenvalue weighted by molar-refractivity contribution is 6.25. The molecule has 0 heterocycles. The van der Waals surface area contributed by atoms with Crippen molar-refractivity contribution in [1.82, 2.24) is 0 Å². The van der Waals surface area contributed by atoms with Gasteiger partial charge in [0.2, 0.25) is 0 Å². The zero-order chi connectivity index (χ0) is 25.9. The minimum atomic E-state index is 1.04. The fourth-order valence-electron chi connectivity index (χ4n) is 5.15. The topological polar surface area (TPSA) is 0 Å². The molecule has 178 valence electrons. The molecular weight excluding hydrogens is 456 g/mol. The van der Waals surface area contributed by atoms with Gasteiger partial charge in [-0.3, -0.25) is 0 Å². The van der Waals surface area contributed by atoms with Crippen molar-refractivity contribution in [3.05, 3.63) is 130 Å². The lowest BCUT2D eigenvalue weighted by atomic mass is 9.89. The molecule has 0 unspecified atom stereocenters. The summed E-state index contributed by atoms with van der Waals surface area (Å²) in [5, 5.41) is 7.75. The van der Waals surface area contributed by atoms with Gasteiger partial charge in [0.25, 0.3) is 0 Å². The first-order valence-electron chi connectivity index (χ1n) is 12.9. The average molecular weight is 483 g/mol. The summed E-state index contributed by atoms with van der Waals surface area (Å²) in [4.78, 5) is 0. The Morgan fingerprint density at radius 2 is 0.816 bits per heavy atom. The van der Waals surface area contributed by atoms with E-state index < -0.39 is 0 Å². The summed E-state index contributed by atoms with van der Waals surface area (Å²) in [6, 6.07) is 34.7. The highest BCUT2D eigenvalue weighted by Crippen LogP contribution is 2.38. The second-order valence-electron chi connectivity index (χ2n) is 9.39. The Kier molecular flexibility index (Phi) is 6.24. The second kappa shape index (κ2) is 10.1. The molecule has 0 saturated heterocycles. The maximum Gasteiger partial charge on any atom is 0.0245 e. The van der Waals surface area contributed by atoms with Crippen LogP contribution in [0.25, 0.3) is 56.6 Å². The Labute approximate surface area is 224 Å². The van der Waals surface area contributed by atoms with Gasteiger partial charge in [0.15, 0.2) is 0 Å². The lowest BCUT2D eigenvalue weighted by Crippen LogP contribution is -1.88. The molecule has 0 N–H and O–H groups in total. The van der Waals surface area contributed by atoms with E-state index in [1.165, 1.54) is 54.6 Å². The smallest absolute Gasteiger partial charge is 0.0245 e. The summed E-state index contributed by atoms with van der Waals surface area (Å²) in [5.41, 5.74) is 6.86. The summed E-state index contributed by atoms with van der Waals surface area (Å²) in [6.07, 6.45) is 8.81. The van der Waals surface area contributed by atoms with Crippen molar-refractivity contribution in [2.45, 2.75) is 13.8 Å². The molecule has 0 atom stereocenters. The van der Waals surface area contributed by atoms with Crippen LogP contribution in [0.1, 0.15) is 47.2 Å². The van der Waals surface area contributed by atoms with E-state index in [2.05, 4.69) is 145 Å². The molecule has 0 aromatic heterocycles. The van der Waals surface area contributed by atoms with Gasteiger partial charge in [0.1, 0.15) is 0 Å². The molecule has 0 aliphatic heterocycles. The van der Waals surface area contributed by atoms with Crippen molar-refractivity contribution in [2.24, 2.45) is 0 Å². The lowest BCUT2D eigenvalue weighted by Gasteiger charge is -2.14. The minimum absolute atomic E-state index is 1.04. The molecule has 6 rings (SSSR count). The first-order valence-corrected chi connectivity index (χ1v) is 12.9. The highest BCUT2D eigenvalue weighted by Gasteiger charge is 2.11. The van der Waals surface area contributed by atoms with Gasteiger partial charge in [-0.05, 0) is 92.7 Å². The predicted molar refractivity (Wildman–Crippen MR) is 166 cm³/mol. The van der Waals surface area contributed by atoms with Gasteiger partial charge in [0.05, 0.1) is 0 Å². The van der Waals surface area contributed by atoms with E-state index in [4.69, 9.17) is 0 Å². The van der Waals surface area contributed by atoms with Crippen LogP contribution in [0.15, 0.2) is 97.1 Å². The fraction of sp³-hybridized carbons (Fsp3) is 0.0526. The van der Waals surface area contributed by atoms with E-state index in [1.807, 2.05) is 13.8 Å². The molecule has 0 aliphatic rings. The van der Waals surface area contributed by atoms with Gasteiger partial charge < -0.3 is 0 Å². The Hall–Kier alpha value is -5.04. The van der Waals surface area contributed by atoms with Crippen molar-refractivity contribution in [1.29, 1.82) is 0 Å². The van der Waals surface area contributed by atoms with Crippen LogP contribution in [0.4, 0.5) is 0 Å². The van der Waals surface area contributed by atoms with Crippen LogP contribution in [0.3, 0.4) is 0 Å². The van der Waals surface area contributed by atoms with Crippen LogP contribution in [0, 0.1) is 23.7 Å². The van der Waals surface area contributed by atoms with E-state index in [1.54, 1.807) is 0 Å². The van der Waals surface area contributed by atoms with E-state index in [9.17, 15) is 0 Å². The minimum Gasteiger partial charge on any atom is -0.101 e. The van der Waals surface area contributed by atoms with Crippen molar-refractivity contribution < 1.29 is 0 Å². The van der Waals surface area contributed by atoms with Gasteiger partial charge in [-0.25, -0.2) is 0 Å². The molecule has 0 bridgehead atoms. The van der Waals surface area contributed by atoms with Gasteiger partial charge in [-0.2, -0.15) is 0 Å². The highest BCUT2D eigenvalue weighted by atomic mass is 14.1. The summed E-state index contributed by atoms with van der Waals surface area (Å²) in [6.45, 7) is 3.73. The molecular formula is C38H26. The standard InChI is InChI=1S/C38H26/c1-3-5-27-7-11-29(12-8-27)15-17-31-19-21-33-24-26-36-32(18-16-30-13-9-28(6-4-2)10-14-30)20-22-34-23-25-35(31)37(33)38(34)36/h7-26H,1-2H3/b17-15+,18-16+. The number of hydrogen-bond donors (Lipinski definition) is 0. The van der Waals surface area contributed by atoms with Gasteiger partial charge >= 0.3 is 0 Å². The molecule has 0 heteroatoms. The van der Waals surface area contributed by atoms with Gasteiger partial charge in [0, 0.05) is 11.1 Å². The maximum atomic E-state index is 3.11. The zero-order valence-corrected chi connectivity index (χ0v) is 21.5. The fourth-order valence-corrected chi connectivity index (χ4v) is 5.15. The van der Waals surface area contributed by atoms with Crippen LogP contribution in [-0.4, -0.2) is 0 Å². The molecule has 0 spiro atoms. The molecule has 6 aromatic rings. The quantitative estimate of drug-likeness (QED) is 0.133. The SMILES string of the molecule is CC#Cc1ccc(/C=C/c2ccc3ccc4c(/C=C/c5ccc(C#CC)cc5)ccc5ccc2c3c54)cc1. The van der Waals surface area contributed by atoms with Gasteiger partial charge in [-0.1, -0.05) is 109 Å². The molecule has 6 aromatic carbocycles. The normalized spacial score (nSPS) is 11.3. The second-order valence-corrected chi connectivity index (χ2v) is 9.39. The van der Waals surface area contributed by atoms with E-state index >= 15 is 0 Å². The molecule has 38 heavy (non-hydrogen) atoms.